The maximum absolute atomic E-state index is 2.82. The van der Waals surface area contributed by atoms with Gasteiger partial charge >= 0.3 is 170 Å². The number of benzene rings is 2. The summed E-state index contributed by atoms with van der Waals surface area (Å²) in [4.78, 5) is 0. The number of halogens is 2. The molecule has 2 aromatic rings. The largest absolute Gasteiger partial charge is 0.147 e. The summed E-state index contributed by atoms with van der Waals surface area (Å²) in [7, 11) is -1.26. The number of fused-ring (bicyclic) bond motifs is 1. The second-order valence-electron chi connectivity index (χ2n) is 9.09. The summed E-state index contributed by atoms with van der Waals surface area (Å²) in [6, 6.07) is 20.0. The Balaban J connectivity index is 0.00000150. The molecule has 0 fully saturated rings. The van der Waals surface area contributed by atoms with Crippen molar-refractivity contribution in [1.29, 1.82) is 0 Å². The first-order valence-electron chi connectivity index (χ1n) is 9.98. The molecule has 29 heavy (non-hydrogen) atoms. The van der Waals surface area contributed by atoms with Crippen LogP contribution in [0.15, 0.2) is 81.3 Å². The van der Waals surface area contributed by atoms with Crippen LogP contribution in [0, 0.1) is 0 Å². The average molecular weight is 522 g/mol. The molecule has 0 aliphatic heterocycles. The SMILES string of the molecule is C[Si](C)(C)C1=CC[C]([Zr]([CH3])(=[CH]c2ccccc2)[CH]2C=Cc3ccccc32)=C1.Cl.Cl. The molecule has 153 valence electrons. The molecule has 0 heterocycles. The molecule has 2 aromatic carbocycles. The molecule has 0 saturated heterocycles. The van der Waals surface area contributed by atoms with Crippen LogP contribution in [0.2, 0.25) is 24.3 Å². The topological polar surface area (TPSA) is 0 Å². The first kappa shape index (κ1) is 24.5. The zero-order valence-electron chi connectivity index (χ0n) is 17.7. The Labute approximate surface area is 193 Å². The van der Waals surface area contributed by atoms with Crippen molar-refractivity contribution in [1.82, 2.24) is 0 Å². The summed E-state index contributed by atoms with van der Waals surface area (Å²) in [5.74, 6) is 0. The van der Waals surface area contributed by atoms with Crippen molar-refractivity contribution in [2.24, 2.45) is 0 Å². The Morgan fingerprint density at radius 3 is 2.24 bits per heavy atom. The molecule has 0 spiro atoms. The van der Waals surface area contributed by atoms with E-state index in [0.717, 1.165) is 0 Å². The van der Waals surface area contributed by atoms with E-state index in [4.69, 9.17) is 0 Å². The van der Waals surface area contributed by atoms with Gasteiger partial charge in [0.05, 0.1) is 0 Å². The minimum atomic E-state index is -2.82. The van der Waals surface area contributed by atoms with E-state index in [1.807, 2.05) is 0 Å². The number of hydrogen-bond acceptors (Lipinski definition) is 0. The number of allylic oxidation sites excluding steroid dienone is 5. The Morgan fingerprint density at radius 1 is 0.931 bits per heavy atom. The summed E-state index contributed by atoms with van der Waals surface area (Å²) in [5.41, 5.74) is 4.37. The standard InChI is InChI=1S/C9H7.C8H13Si.C7H6.CH3.2ClH.Zr/c1-2-5-9-7-3-6-8(9)4-1;1-9(2,3)8-6-4-5-7-8;1-7-5-3-2-4-6-7;;;;/h1-7H;6-7H,4H2,1-3H3;1-6H;1H3;2*1H;. The van der Waals surface area contributed by atoms with Gasteiger partial charge in [0.2, 0.25) is 0 Å². The Hall–Kier alpha value is -0.790. The maximum Gasteiger partial charge on any atom is -0.147 e. The predicted octanol–water partition coefficient (Wildman–Crippen LogP) is 7.74. The third-order valence-corrected chi connectivity index (χ3v) is 19.2. The molecule has 0 radical (unpaired) electrons. The van der Waals surface area contributed by atoms with Gasteiger partial charge in [-0.05, 0) is 0 Å². The van der Waals surface area contributed by atoms with E-state index in [1.54, 1.807) is 14.0 Å². The molecule has 0 N–H and O–H groups in total. The molecule has 0 bridgehead atoms. The summed E-state index contributed by atoms with van der Waals surface area (Å²) in [6.07, 6.45) is 11.2. The van der Waals surface area contributed by atoms with Gasteiger partial charge in [0, 0.05) is 0 Å². The molecule has 2 aliphatic carbocycles. The third kappa shape index (κ3) is 4.93. The van der Waals surface area contributed by atoms with Crippen molar-refractivity contribution in [2.45, 2.75) is 34.3 Å². The minimum absolute atomic E-state index is 0. The van der Waals surface area contributed by atoms with E-state index in [2.05, 4.69) is 107 Å². The van der Waals surface area contributed by atoms with Crippen molar-refractivity contribution >= 4 is 42.7 Å². The second-order valence-corrected chi connectivity index (χ2v) is 24.3. The van der Waals surface area contributed by atoms with Gasteiger partial charge < -0.3 is 0 Å². The number of hydrogen-bond donors (Lipinski definition) is 0. The van der Waals surface area contributed by atoms with Gasteiger partial charge in [0.1, 0.15) is 0 Å². The van der Waals surface area contributed by atoms with Gasteiger partial charge in [0.15, 0.2) is 0 Å². The van der Waals surface area contributed by atoms with Crippen LogP contribution in [-0.2, 0) is 19.8 Å². The molecule has 2 atom stereocenters. The molecular formula is C25H31Cl2SiZr. The quantitative estimate of drug-likeness (QED) is 0.361. The maximum atomic E-state index is 2.71. The van der Waals surface area contributed by atoms with Gasteiger partial charge in [-0.3, -0.25) is 0 Å². The van der Waals surface area contributed by atoms with Crippen LogP contribution >= 0.6 is 24.8 Å². The molecule has 4 heteroatoms. The van der Waals surface area contributed by atoms with E-state index in [9.17, 15) is 0 Å². The summed E-state index contributed by atoms with van der Waals surface area (Å²) < 4.78 is 7.71. The monoisotopic (exact) mass is 519 g/mol. The van der Waals surface area contributed by atoms with Crippen molar-refractivity contribution in [3.05, 3.63) is 98.0 Å². The molecule has 0 amide bonds. The van der Waals surface area contributed by atoms with Crippen molar-refractivity contribution in [2.75, 3.05) is 0 Å². The summed E-state index contributed by atoms with van der Waals surface area (Å²) in [5, 5.41) is 1.65. The molecule has 2 aliphatic rings. The number of rotatable bonds is 4. The van der Waals surface area contributed by atoms with Crippen molar-refractivity contribution in [3.8, 4) is 0 Å². The molecule has 0 aromatic heterocycles. The van der Waals surface area contributed by atoms with Crippen LogP contribution in [0.1, 0.15) is 26.7 Å². The van der Waals surface area contributed by atoms with Crippen LogP contribution in [0.4, 0.5) is 0 Å². The molecule has 2 unspecified atom stereocenters. The van der Waals surface area contributed by atoms with E-state index in [-0.39, 0.29) is 24.8 Å². The van der Waals surface area contributed by atoms with Gasteiger partial charge in [-0.25, -0.2) is 0 Å². The summed E-state index contributed by atoms with van der Waals surface area (Å²) in [6.45, 7) is 7.41. The van der Waals surface area contributed by atoms with Crippen LogP contribution in [0.3, 0.4) is 0 Å². The normalized spacial score (nSPS) is 19.2. The minimum Gasteiger partial charge on any atom is -0.147 e. The van der Waals surface area contributed by atoms with Crippen LogP contribution in [0.25, 0.3) is 6.08 Å². The molecule has 4 rings (SSSR count). The second kappa shape index (κ2) is 9.56. The molecule has 0 saturated carbocycles. The van der Waals surface area contributed by atoms with E-state index >= 15 is 0 Å². The summed E-state index contributed by atoms with van der Waals surface area (Å²) >= 11 is -2.82. The van der Waals surface area contributed by atoms with Gasteiger partial charge in [-0.1, -0.05) is 0 Å². The van der Waals surface area contributed by atoms with Crippen LogP contribution < -0.4 is 0 Å². The first-order chi connectivity index (χ1) is 12.9. The van der Waals surface area contributed by atoms with E-state index in [0.29, 0.717) is 3.63 Å². The van der Waals surface area contributed by atoms with Crippen molar-refractivity contribution in [3.63, 3.8) is 0 Å². The molecular weight excluding hydrogens is 490 g/mol. The van der Waals surface area contributed by atoms with Crippen LogP contribution in [0.5, 0.6) is 0 Å². The van der Waals surface area contributed by atoms with Gasteiger partial charge in [0.25, 0.3) is 0 Å². The van der Waals surface area contributed by atoms with Crippen molar-refractivity contribution < 1.29 is 19.8 Å². The van der Waals surface area contributed by atoms with E-state index in [1.165, 1.54) is 17.5 Å². The zero-order valence-corrected chi connectivity index (χ0v) is 22.8. The zero-order chi connectivity index (χ0) is 19.1. The Kier molecular flexibility index (Phi) is 8.07. The van der Waals surface area contributed by atoms with Crippen LogP contribution in [-0.4, -0.2) is 11.8 Å². The Morgan fingerprint density at radius 2 is 1.59 bits per heavy atom. The molecule has 0 nitrogen and oxygen atoms in total. The first-order valence-corrected chi connectivity index (χ1v) is 20.0. The third-order valence-electron chi connectivity index (χ3n) is 6.14. The smallest absolute Gasteiger partial charge is 0.147 e. The Bertz CT molecular complexity index is 1010. The predicted molar refractivity (Wildman–Crippen MR) is 134 cm³/mol. The fourth-order valence-corrected chi connectivity index (χ4v) is 16.1. The van der Waals surface area contributed by atoms with Gasteiger partial charge in [-0.15, -0.1) is 24.8 Å². The van der Waals surface area contributed by atoms with Gasteiger partial charge in [-0.2, -0.15) is 0 Å². The average Bonchev–Trinajstić information content (AvgIpc) is 3.30. The fraction of sp³-hybridized carbons (Fsp3) is 0.240. The van der Waals surface area contributed by atoms with E-state index < -0.39 is 27.9 Å². The fourth-order valence-electron chi connectivity index (χ4n) is 4.47.